The molecule has 2 atom stereocenters. The maximum Gasteiger partial charge on any atom is 0.416 e. The van der Waals surface area contributed by atoms with Crippen LogP contribution in [-0.4, -0.2) is 18.9 Å². The van der Waals surface area contributed by atoms with Crippen LogP contribution in [0.25, 0.3) is 0 Å². The van der Waals surface area contributed by atoms with Crippen LogP contribution in [0.2, 0.25) is 0 Å². The van der Waals surface area contributed by atoms with Gasteiger partial charge in [0.2, 0.25) is 0 Å². The van der Waals surface area contributed by atoms with E-state index in [0.29, 0.717) is 25.3 Å². The molecule has 3 rings (SSSR count). The van der Waals surface area contributed by atoms with Crippen molar-refractivity contribution in [3.05, 3.63) is 46.8 Å². The van der Waals surface area contributed by atoms with E-state index in [2.05, 4.69) is 0 Å². The fourth-order valence-electron chi connectivity index (χ4n) is 3.45. The van der Waals surface area contributed by atoms with Crippen molar-refractivity contribution < 1.29 is 26.0 Å². The SMILES string of the molecule is O=S1(=O)C2C=C(Cc3cc(F)cc(C(F)(F)F)c3)CC1CCC2. The second-order valence-electron chi connectivity index (χ2n) is 6.23. The van der Waals surface area contributed by atoms with Crippen molar-refractivity contribution in [2.75, 3.05) is 0 Å². The summed E-state index contributed by atoms with van der Waals surface area (Å²) < 4.78 is 76.1. The van der Waals surface area contributed by atoms with Gasteiger partial charge in [0, 0.05) is 0 Å². The molecule has 2 aliphatic rings. The molecule has 1 aromatic rings. The molecule has 126 valence electrons. The highest BCUT2D eigenvalue weighted by Crippen LogP contribution is 2.37. The summed E-state index contributed by atoms with van der Waals surface area (Å²) in [5.74, 6) is -0.931. The van der Waals surface area contributed by atoms with Gasteiger partial charge >= 0.3 is 6.18 Å². The summed E-state index contributed by atoms with van der Waals surface area (Å²) in [6.07, 6.45) is -0.468. The van der Waals surface area contributed by atoms with Gasteiger partial charge in [0.05, 0.1) is 16.1 Å². The molecule has 1 aromatic carbocycles. The summed E-state index contributed by atoms with van der Waals surface area (Å²) in [7, 11) is -3.16. The third-order valence-electron chi connectivity index (χ3n) is 4.53. The number of rotatable bonds is 2. The summed E-state index contributed by atoms with van der Waals surface area (Å²) in [6, 6.07) is 2.48. The Balaban J connectivity index is 1.89. The molecule has 2 unspecified atom stereocenters. The van der Waals surface area contributed by atoms with Gasteiger partial charge in [-0.3, -0.25) is 0 Å². The number of allylic oxidation sites excluding steroid dienone is 1. The van der Waals surface area contributed by atoms with Crippen molar-refractivity contribution in [2.24, 2.45) is 0 Å². The normalized spacial score (nSPS) is 26.7. The second kappa shape index (κ2) is 5.61. The van der Waals surface area contributed by atoms with Crippen molar-refractivity contribution in [2.45, 2.75) is 48.8 Å². The predicted molar refractivity (Wildman–Crippen MR) is 78.2 cm³/mol. The molecule has 2 bridgehead atoms. The fraction of sp³-hybridized carbons (Fsp3) is 0.500. The summed E-state index contributed by atoms with van der Waals surface area (Å²) in [4.78, 5) is 0. The average molecular weight is 348 g/mol. The third-order valence-corrected chi connectivity index (χ3v) is 7.08. The summed E-state index contributed by atoms with van der Waals surface area (Å²) in [5, 5.41) is -0.988. The van der Waals surface area contributed by atoms with Crippen molar-refractivity contribution >= 4 is 9.84 Å². The molecule has 0 N–H and O–H groups in total. The van der Waals surface area contributed by atoms with Crippen molar-refractivity contribution in [3.8, 4) is 0 Å². The molecule has 1 saturated heterocycles. The molecule has 0 spiro atoms. The molecule has 0 aliphatic carbocycles. The maximum absolute atomic E-state index is 13.5. The first-order chi connectivity index (χ1) is 10.7. The van der Waals surface area contributed by atoms with E-state index in [1.165, 1.54) is 0 Å². The van der Waals surface area contributed by atoms with E-state index in [0.717, 1.165) is 24.1 Å². The smallest absolute Gasteiger partial charge is 0.228 e. The van der Waals surface area contributed by atoms with E-state index in [-0.39, 0.29) is 12.0 Å². The van der Waals surface area contributed by atoms with E-state index in [4.69, 9.17) is 0 Å². The van der Waals surface area contributed by atoms with Crippen LogP contribution >= 0.6 is 0 Å². The molecule has 0 radical (unpaired) electrons. The van der Waals surface area contributed by atoms with Crippen LogP contribution in [-0.2, 0) is 22.4 Å². The predicted octanol–water partition coefficient (Wildman–Crippen LogP) is 4.05. The van der Waals surface area contributed by atoms with Gasteiger partial charge in [0.25, 0.3) is 0 Å². The average Bonchev–Trinajstić information content (AvgIpc) is 2.38. The first kappa shape index (κ1) is 16.5. The standard InChI is InChI=1S/C16H16F4O2S/c17-13-6-10(5-12(9-13)16(18,19)20)4-11-7-14-2-1-3-15(8-11)23(14,21)22/h5-7,9,14-15H,1-4,8H2. The molecule has 23 heavy (non-hydrogen) atoms. The van der Waals surface area contributed by atoms with Crippen molar-refractivity contribution in [1.82, 2.24) is 0 Å². The lowest BCUT2D eigenvalue weighted by Crippen LogP contribution is -2.39. The highest BCUT2D eigenvalue weighted by Gasteiger charge is 2.40. The van der Waals surface area contributed by atoms with Gasteiger partial charge in [-0.25, -0.2) is 12.8 Å². The van der Waals surface area contributed by atoms with Gasteiger partial charge in [-0.1, -0.05) is 18.1 Å². The topological polar surface area (TPSA) is 34.1 Å². The van der Waals surface area contributed by atoms with Gasteiger partial charge in [0.15, 0.2) is 9.84 Å². The molecule has 2 aliphatic heterocycles. The van der Waals surface area contributed by atoms with Crippen LogP contribution in [0.1, 0.15) is 36.8 Å². The molecule has 0 amide bonds. The Morgan fingerprint density at radius 3 is 2.52 bits per heavy atom. The Kier molecular flexibility index (Phi) is 4.02. The lowest BCUT2D eigenvalue weighted by atomic mass is 9.93. The highest BCUT2D eigenvalue weighted by atomic mass is 32.2. The minimum absolute atomic E-state index is 0.156. The quantitative estimate of drug-likeness (QED) is 0.597. The fourth-order valence-corrected chi connectivity index (χ4v) is 5.76. The van der Waals surface area contributed by atoms with Crippen LogP contribution in [0.3, 0.4) is 0 Å². The monoisotopic (exact) mass is 348 g/mol. The van der Waals surface area contributed by atoms with Crippen LogP contribution in [0.4, 0.5) is 17.6 Å². The Morgan fingerprint density at radius 1 is 1.13 bits per heavy atom. The summed E-state index contributed by atoms with van der Waals surface area (Å²) >= 11 is 0. The molecule has 7 heteroatoms. The van der Waals surface area contributed by atoms with E-state index < -0.39 is 37.9 Å². The van der Waals surface area contributed by atoms with E-state index in [1.807, 2.05) is 0 Å². The minimum atomic E-state index is -4.60. The molecule has 0 saturated carbocycles. The Bertz CT molecular complexity index is 750. The van der Waals surface area contributed by atoms with Gasteiger partial charge in [-0.15, -0.1) is 0 Å². The summed E-state index contributed by atoms with van der Waals surface area (Å²) in [5.41, 5.74) is -0.00841. The van der Waals surface area contributed by atoms with Gasteiger partial charge < -0.3 is 0 Å². The molecule has 1 fully saturated rings. The number of hydrogen-bond donors (Lipinski definition) is 0. The van der Waals surface area contributed by atoms with E-state index in [1.54, 1.807) is 6.08 Å². The maximum atomic E-state index is 13.5. The molecule has 2 nitrogen and oxygen atoms in total. The van der Waals surface area contributed by atoms with E-state index in [9.17, 15) is 26.0 Å². The first-order valence-corrected chi connectivity index (χ1v) is 9.06. The Hall–Kier alpha value is -1.37. The third kappa shape index (κ3) is 3.29. The molecular weight excluding hydrogens is 332 g/mol. The Labute approximate surface area is 132 Å². The number of alkyl halides is 3. The second-order valence-corrected chi connectivity index (χ2v) is 8.68. The van der Waals surface area contributed by atoms with Crippen LogP contribution in [0.15, 0.2) is 29.8 Å². The van der Waals surface area contributed by atoms with Crippen molar-refractivity contribution in [1.29, 1.82) is 0 Å². The number of benzene rings is 1. The molecule has 0 aromatic heterocycles. The molecular formula is C16H16F4O2S. The van der Waals surface area contributed by atoms with Gasteiger partial charge in [0.1, 0.15) is 5.82 Å². The lowest BCUT2D eigenvalue weighted by Gasteiger charge is -2.33. The number of fused-ring (bicyclic) bond motifs is 2. The van der Waals surface area contributed by atoms with Crippen LogP contribution < -0.4 is 0 Å². The van der Waals surface area contributed by atoms with Crippen LogP contribution in [0, 0.1) is 5.82 Å². The zero-order valence-corrected chi connectivity index (χ0v) is 13.1. The number of halogens is 4. The first-order valence-electron chi connectivity index (χ1n) is 7.45. The van der Waals surface area contributed by atoms with Crippen LogP contribution in [0.5, 0.6) is 0 Å². The largest absolute Gasteiger partial charge is 0.416 e. The zero-order valence-electron chi connectivity index (χ0n) is 12.2. The molecule has 2 heterocycles. The zero-order chi connectivity index (χ0) is 16.8. The highest BCUT2D eigenvalue weighted by molar-refractivity contribution is 7.92. The van der Waals surface area contributed by atoms with Crippen molar-refractivity contribution in [3.63, 3.8) is 0 Å². The minimum Gasteiger partial charge on any atom is -0.228 e. The van der Waals surface area contributed by atoms with E-state index >= 15 is 0 Å². The number of hydrogen-bond acceptors (Lipinski definition) is 2. The van der Waals surface area contributed by atoms with Gasteiger partial charge in [-0.2, -0.15) is 13.2 Å². The summed E-state index contributed by atoms with van der Waals surface area (Å²) in [6.45, 7) is 0. The Morgan fingerprint density at radius 2 is 1.87 bits per heavy atom. The van der Waals surface area contributed by atoms with Gasteiger partial charge in [-0.05, 0) is 49.4 Å². The number of sulfone groups is 1. The lowest BCUT2D eigenvalue weighted by molar-refractivity contribution is -0.137.